The summed E-state index contributed by atoms with van der Waals surface area (Å²) in [4.78, 5) is 0. The SMILES string of the molecule is CC1C=c2c3cccc4cccc(c5ccc6c(c25)C1c1c(-c2ccccc2)c2c(c(-c5ccccc5)c1-6)CCC=C2)c43. The summed E-state index contributed by atoms with van der Waals surface area (Å²) in [6, 6.07) is 41.0. The van der Waals surface area contributed by atoms with Crippen LogP contribution in [0, 0.1) is 5.92 Å². The second kappa shape index (κ2) is 8.55. The quantitative estimate of drug-likeness (QED) is 0.149. The first kappa shape index (κ1) is 23.6. The predicted octanol–water partition coefficient (Wildman–Crippen LogP) is 10.7. The molecule has 0 heterocycles. The maximum absolute atomic E-state index is 2.60. The summed E-state index contributed by atoms with van der Waals surface area (Å²) in [6.07, 6.45) is 9.58. The van der Waals surface area contributed by atoms with Gasteiger partial charge in [0.25, 0.3) is 0 Å². The molecule has 0 nitrogen and oxygen atoms in total. The second-order valence-electron chi connectivity index (χ2n) is 12.7. The molecule has 0 radical (unpaired) electrons. The normalized spacial score (nSPS) is 17.8. The van der Waals surface area contributed by atoms with Crippen molar-refractivity contribution in [1.82, 2.24) is 0 Å². The molecule has 0 amide bonds. The van der Waals surface area contributed by atoms with Crippen LogP contribution in [-0.4, -0.2) is 0 Å². The molecule has 2 unspecified atom stereocenters. The fraction of sp³-hybridized carbons (Fsp3) is 0.116. The van der Waals surface area contributed by atoms with E-state index in [-0.39, 0.29) is 0 Å². The van der Waals surface area contributed by atoms with Crippen LogP contribution >= 0.6 is 0 Å². The molecule has 3 aliphatic rings. The lowest BCUT2D eigenvalue weighted by atomic mass is 9.73. The maximum atomic E-state index is 2.60. The van der Waals surface area contributed by atoms with Gasteiger partial charge in [-0.3, -0.25) is 0 Å². The molecule has 3 aliphatic carbocycles. The van der Waals surface area contributed by atoms with E-state index in [1.165, 1.54) is 87.6 Å². The summed E-state index contributed by atoms with van der Waals surface area (Å²) < 4.78 is 0. The minimum absolute atomic E-state index is 0.312. The third kappa shape index (κ3) is 3.01. The van der Waals surface area contributed by atoms with Gasteiger partial charge < -0.3 is 0 Å². The molecule has 10 rings (SSSR count). The van der Waals surface area contributed by atoms with Gasteiger partial charge in [0.2, 0.25) is 0 Å². The van der Waals surface area contributed by atoms with Crippen molar-refractivity contribution in [2.24, 2.45) is 5.92 Å². The molecule has 43 heavy (non-hydrogen) atoms. The maximum Gasteiger partial charge on any atom is 0.0175 e. The Kier molecular flexibility index (Phi) is 4.70. The average Bonchev–Trinajstić information content (AvgIpc) is 3.41. The molecule has 0 saturated carbocycles. The van der Waals surface area contributed by atoms with Gasteiger partial charge in [0.05, 0.1) is 0 Å². The first-order chi connectivity index (χ1) is 21.3. The molecule has 7 aromatic carbocycles. The van der Waals surface area contributed by atoms with Crippen molar-refractivity contribution in [3.05, 3.63) is 143 Å². The molecule has 0 saturated heterocycles. The molecule has 0 bridgehead atoms. The van der Waals surface area contributed by atoms with Gasteiger partial charge in [-0.1, -0.05) is 134 Å². The molecule has 202 valence electrons. The Labute approximate surface area is 251 Å². The summed E-state index contributed by atoms with van der Waals surface area (Å²) in [5.41, 5.74) is 14.5. The van der Waals surface area contributed by atoms with Gasteiger partial charge in [0, 0.05) is 5.92 Å². The van der Waals surface area contributed by atoms with Crippen molar-refractivity contribution >= 4 is 44.5 Å². The molecule has 0 fully saturated rings. The van der Waals surface area contributed by atoms with Gasteiger partial charge in [-0.05, 0) is 112 Å². The van der Waals surface area contributed by atoms with Gasteiger partial charge in [-0.2, -0.15) is 0 Å². The minimum atomic E-state index is 0.312. The topological polar surface area (TPSA) is 0 Å². The lowest BCUT2D eigenvalue weighted by Gasteiger charge is -2.30. The van der Waals surface area contributed by atoms with Crippen LogP contribution in [0.15, 0.2) is 115 Å². The molecule has 0 aromatic heterocycles. The Morgan fingerprint density at radius 2 is 1.28 bits per heavy atom. The molecule has 7 aromatic rings. The third-order valence-corrected chi connectivity index (χ3v) is 10.5. The van der Waals surface area contributed by atoms with E-state index in [4.69, 9.17) is 0 Å². The molecular formula is C43H30. The van der Waals surface area contributed by atoms with E-state index in [1.54, 1.807) is 5.56 Å². The number of rotatable bonds is 2. The molecule has 0 heteroatoms. The van der Waals surface area contributed by atoms with Gasteiger partial charge in [-0.15, -0.1) is 0 Å². The highest BCUT2D eigenvalue weighted by Gasteiger charge is 2.41. The predicted molar refractivity (Wildman–Crippen MR) is 183 cm³/mol. The van der Waals surface area contributed by atoms with E-state index in [1.807, 2.05) is 0 Å². The zero-order valence-corrected chi connectivity index (χ0v) is 24.2. The number of benzene rings is 7. The lowest BCUT2D eigenvalue weighted by Crippen LogP contribution is -2.21. The zero-order valence-electron chi connectivity index (χ0n) is 24.2. The van der Waals surface area contributed by atoms with E-state index in [2.05, 4.69) is 134 Å². The Morgan fingerprint density at radius 1 is 0.581 bits per heavy atom. The van der Waals surface area contributed by atoms with Gasteiger partial charge >= 0.3 is 0 Å². The fourth-order valence-corrected chi connectivity index (χ4v) is 8.95. The number of hydrogen-bond acceptors (Lipinski definition) is 0. The van der Waals surface area contributed by atoms with Crippen LogP contribution in [0.2, 0.25) is 0 Å². The standard InChI is InChI=1S/C43H30/c1-25-24-35-32-21-11-17-26-16-10-20-29(37(26)32)33-22-23-34-41(40(33)35)36(25)43-39(28-14-6-3-7-15-28)31-19-9-8-18-30(31)38(42(34)43)27-12-4-2-5-13-27/h2-7,9-17,19-25,36H,8,18H2,1H3. The minimum Gasteiger partial charge on any atom is -0.0836 e. The average molecular weight is 547 g/mol. The summed E-state index contributed by atoms with van der Waals surface area (Å²) >= 11 is 0. The number of fused-ring (bicyclic) bond motifs is 6. The van der Waals surface area contributed by atoms with Gasteiger partial charge in [-0.25, -0.2) is 0 Å². The van der Waals surface area contributed by atoms with E-state index >= 15 is 0 Å². The molecule has 0 spiro atoms. The molecule has 2 atom stereocenters. The van der Waals surface area contributed by atoms with Crippen LogP contribution in [0.4, 0.5) is 0 Å². The molecule has 0 N–H and O–H groups in total. The third-order valence-electron chi connectivity index (χ3n) is 10.5. The second-order valence-corrected chi connectivity index (χ2v) is 12.7. The summed E-state index contributed by atoms with van der Waals surface area (Å²) in [5, 5.41) is 9.79. The van der Waals surface area contributed by atoms with Crippen molar-refractivity contribution in [3.63, 3.8) is 0 Å². The Balaban J connectivity index is 1.44. The van der Waals surface area contributed by atoms with Crippen LogP contribution in [-0.2, 0) is 6.42 Å². The Bertz CT molecular complexity index is 2380. The van der Waals surface area contributed by atoms with E-state index < -0.39 is 0 Å². The fourth-order valence-electron chi connectivity index (χ4n) is 8.95. The van der Waals surface area contributed by atoms with Crippen molar-refractivity contribution in [2.75, 3.05) is 0 Å². The first-order valence-electron chi connectivity index (χ1n) is 15.7. The van der Waals surface area contributed by atoms with Crippen LogP contribution in [0.3, 0.4) is 0 Å². The van der Waals surface area contributed by atoms with Gasteiger partial charge in [0.1, 0.15) is 0 Å². The largest absolute Gasteiger partial charge is 0.0836 e. The van der Waals surface area contributed by atoms with Crippen molar-refractivity contribution < 1.29 is 0 Å². The van der Waals surface area contributed by atoms with E-state index in [0.29, 0.717) is 11.8 Å². The lowest BCUT2D eigenvalue weighted by molar-refractivity contribution is 0.667. The van der Waals surface area contributed by atoms with E-state index in [9.17, 15) is 0 Å². The highest BCUT2D eigenvalue weighted by Crippen LogP contribution is 2.60. The molecular weight excluding hydrogens is 516 g/mol. The monoisotopic (exact) mass is 546 g/mol. The summed E-state index contributed by atoms with van der Waals surface area (Å²) in [6.45, 7) is 2.46. The highest BCUT2D eigenvalue weighted by molar-refractivity contribution is 6.24. The zero-order chi connectivity index (χ0) is 28.2. The van der Waals surface area contributed by atoms with Crippen molar-refractivity contribution in [1.29, 1.82) is 0 Å². The first-order valence-corrected chi connectivity index (χ1v) is 15.7. The van der Waals surface area contributed by atoms with E-state index in [0.717, 1.165) is 12.8 Å². The summed E-state index contributed by atoms with van der Waals surface area (Å²) in [7, 11) is 0. The van der Waals surface area contributed by atoms with Crippen molar-refractivity contribution in [2.45, 2.75) is 25.7 Å². The van der Waals surface area contributed by atoms with Crippen LogP contribution in [0.5, 0.6) is 0 Å². The summed E-state index contributed by atoms with van der Waals surface area (Å²) in [5.74, 6) is 0.682. The highest BCUT2D eigenvalue weighted by atomic mass is 14.4. The smallest absolute Gasteiger partial charge is 0.0175 e. The number of hydrogen-bond donors (Lipinski definition) is 0. The number of allylic oxidation sites excluding steroid dienone is 1. The Morgan fingerprint density at radius 3 is 2.05 bits per heavy atom. The van der Waals surface area contributed by atoms with Gasteiger partial charge in [0.15, 0.2) is 0 Å². The Hall–Kier alpha value is -4.94. The van der Waals surface area contributed by atoms with Crippen LogP contribution < -0.4 is 5.22 Å². The van der Waals surface area contributed by atoms with Crippen molar-refractivity contribution in [3.8, 4) is 33.4 Å². The van der Waals surface area contributed by atoms with Crippen LogP contribution in [0.1, 0.15) is 41.5 Å². The molecule has 0 aliphatic heterocycles. The van der Waals surface area contributed by atoms with Crippen LogP contribution in [0.25, 0.3) is 77.9 Å².